The molecule has 0 spiro atoms. The minimum atomic E-state index is -0.362. The van der Waals surface area contributed by atoms with E-state index < -0.39 is 0 Å². The summed E-state index contributed by atoms with van der Waals surface area (Å²) in [6.45, 7) is 8.58. The predicted octanol–water partition coefficient (Wildman–Crippen LogP) is 4.94. The summed E-state index contributed by atoms with van der Waals surface area (Å²) >= 11 is 0. The number of carbonyl (C=O) groups excluding carboxylic acids is 1. The Morgan fingerprint density at radius 3 is 2.59 bits per heavy atom. The fourth-order valence-electron chi connectivity index (χ4n) is 2.81. The lowest BCUT2D eigenvalue weighted by atomic mass is 9.86. The third-order valence-corrected chi connectivity index (χ3v) is 4.27. The molecule has 3 nitrogen and oxygen atoms in total. The second-order valence-corrected chi connectivity index (χ2v) is 5.78. The molecule has 0 fully saturated rings. The SMILES string of the molecule is CC/C=C/C(CC)CC1(CC)C=C(CC)/C(=C/C(=O)OC)O1. The Morgan fingerprint density at radius 2 is 2.09 bits per heavy atom. The standard InChI is InChI=1S/C19H30O3/c1-6-10-11-15(7-2)13-19(9-4)14-16(8-3)17(22-19)12-18(20)21-5/h10-12,14-15H,6-9,13H2,1-5H3/b11-10+,17-12-. The number of hydrogen-bond donors (Lipinski definition) is 0. The lowest BCUT2D eigenvalue weighted by Crippen LogP contribution is -2.28. The van der Waals surface area contributed by atoms with Crippen molar-refractivity contribution in [3.05, 3.63) is 35.6 Å². The predicted molar refractivity (Wildman–Crippen MR) is 90.4 cm³/mol. The molecule has 1 aliphatic rings. The van der Waals surface area contributed by atoms with E-state index in [9.17, 15) is 4.79 Å². The van der Waals surface area contributed by atoms with E-state index in [0.29, 0.717) is 11.7 Å². The first kappa shape index (κ1) is 18.5. The van der Waals surface area contributed by atoms with Crippen molar-refractivity contribution < 1.29 is 14.3 Å². The molecule has 0 radical (unpaired) electrons. The molecule has 0 saturated carbocycles. The highest BCUT2D eigenvalue weighted by Crippen LogP contribution is 2.40. The zero-order valence-electron chi connectivity index (χ0n) is 14.6. The van der Waals surface area contributed by atoms with Gasteiger partial charge in [0.1, 0.15) is 11.4 Å². The molecule has 0 aromatic rings. The van der Waals surface area contributed by atoms with Crippen LogP contribution < -0.4 is 0 Å². The van der Waals surface area contributed by atoms with Gasteiger partial charge in [-0.1, -0.05) is 39.8 Å². The van der Waals surface area contributed by atoms with Crippen molar-refractivity contribution in [2.24, 2.45) is 5.92 Å². The number of methoxy groups -OCH3 is 1. The fraction of sp³-hybridized carbons (Fsp3) is 0.632. The molecule has 0 amide bonds. The second kappa shape index (κ2) is 8.82. The molecule has 0 N–H and O–H groups in total. The van der Waals surface area contributed by atoms with Crippen LogP contribution >= 0.6 is 0 Å². The van der Waals surface area contributed by atoms with E-state index in [1.54, 1.807) is 0 Å². The minimum Gasteiger partial charge on any atom is -0.483 e. The van der Waals surface area contributed by atoms with Crippen molar-refractivity contribution in [2.45, 2.75) is 65.4 Å². The number of ether oxygens (including phenoxy) is 2. The van der Waals surface area contributed by atoms with Gasteiger partial charge in [-0.2, -0.15) is 0 Å². The molecule has 0 aliphatic carbocycles. The van der Waals surface area contributed by atoms with Crippen LogP contribution in [-0.2, 0) is 14.3 Å². The van der Waals surface area contributed by atoms with Gasteiger partial charge in [0.05, 0.1) is 13.2 Å². The van der Waals surface area contributed by atoms with Gasteiger partial charge in [-0.05, 0) is 49.7 Å². The van der Waals surface area contributed by atoms with Crippen LogP contribution in [0.1, 0.15) is 59.8 Å². The van der Waals surface area contributed by atoms with Gasteiger partial charge in [0.2, 0.25) is 0 Å². The van der Waals surface area contributed by atoms with Crippen LogP contribution in [0.3, 0.4) is 0 Å². The summed E-state index contributed by atoms with van der Waals surface area (Å²) in [5.74, 6) is 0.802. The summed E-state index contributed by atoms with van der Waals surface area (Å²) in [6, 6.07) is 0. The maximum absolute atomic E-state index is 11.5. The van der Waals surface area contributed by atoms with Crippen molar-refractivity contribution in [2.75, 3.05) is 7.11 Å². The Bertz CT molecular complexity index is 459. The van der Waals surface area contributed by atoms with Crippen LogP contribution in [0.5, 0.6) is 0 Å². The van der Waals surface area contributed by atoms with E-state index in [1.807, 2.05) is 0 Å². The molecule has 22 heavy (non-hydrogen) atoms. The molecular formula is C19H30O3. The van der Waals surface area contributed by atoms with E-state index in [1.165, 1.54) is 13.2 Å². The molecule has 1 heterocycles. The summed E-state index contributed by atoms with van der Waals surface area (Å²) in [6.07, 6.45) is 13.0. The monoisotopic (exact) mass is 306 g/mol. The Labute approximate surface area is 135 Å². The Balaban J connectivity index is 2.99. The van der Waals surface area contributed by atoms with E-state index in [2.05, 4.69) is 45.9 Å². The quantitative estimate of drug-likeness (QED) is 0.362. The topological polar surface area (TPSA) is 35.5 Å². The van der Waals surface area contributed by atoms with Crippen LogP contribution in [0.2, 0.25) is 0 Å². The van der Waals surface area contributed by atoms with Crippen molar-refractivity contribution in [3.8, 4) is 0 Å². The largest absolute Gasteiger partial charge is 0.483 e. The lowest BCUT2D eigenvalue weighted by molar-refractivity contribution is -0.135. The zero-order valence-corrected chi connectivity index (χ0v) is 14.6. The highest BCUT2D eigenvalue weighted by Gasteiger charge is 2.37. The first-order valence-electron chi connectivity index (χ1n) is 8.41. The third-order valence-electron chi connectivity index (χ3n) is 4.27. The summed E-state index contributed by atoms with van der Waals surface area (Å²) < 4.78 is 10.9. The molecule has 0 aromatic heterocycles. The molecule has 0 bridgehead atoms. The van der Waals surface area contributed by atoms with Crippen molar-refractivity contribution >= 4 is 5.97 Å². The molecule has 2 unspecified atom stereocenters. The van der Waals surface area contributed by atoms with Gasteiger partial charge in [0.25, 0.3) is 0 Å². The summed E-state index contributed by atoms with van der Waals surface area (Å²) in [7, 11) is 1.39. The summed E-state index contributed by atoms with van der Waals surface area (Å²) in [5.41, 5.74) is 0.797. The molecule has 124 valence electrons. The van der Waals surface area contributed by atoms with Gasteiger partial charge in [0.15, 0.2) is 0 Å². The lowest BCUT2D eigenvalue weighted by Gasteiger charge is -2.29. The summed E-state index contributed by atoms with van der Waals surface area (Å²) in [4.78, 5) is 11.5. The van der Waals surface area contributed by atoms with Crippen molar-refractivity contribution in [1.82, 2.24) is 0 Å². The van der Waals surface area contributed by atoms with Gasteiger partial charge in [-0.15, -0.1) is 0 Å². The average Bonchev–Trinajstić information content (AvgIpc) is 2.89. The van der Waals surface area contributed by atoms with E-state index in [0.717, 1.165) is 37.7 Å². The number of esters is 1. The van der Waals surface area contributed by atoms with E-state index >= 15 is 0 Å². The van der Waals surface area contributed by atoms with Crippen LogP contribution in [0.15, 0.2) is 35.6 Å². The average molecular weight is 306 g/mol. The zero-order chi connectivity index (χ0) is 16.6. The molecule has 3 heteroatoms. The molecule has 1 rings (SSSR count). The number of hydrogen-bond acceptors (Lipinski definition) is 3. The first-order chi connectivity index (χ1) is 10.5. The van der Waals surface area contributed by atoms with Crippen LogP contribution in [0.4, 0.5) is 0 Å². The van der Waals surface area contributed by atoms with Crippen LogP contribution in [0, 0.1) is 5.92 Å². The maximum Gasteiger partial charge on any atom is 0.334 e. The Morgan fingerprint density at radius 1 is 1.36 bits per heavy atom. The minimum absolute atomic E-state index is 0.302. The normalized spacial score (nSPS) is 24.4. The molecule has 2 atom stereocenters. The van der Waals surface area contributed by atoms with Crippen molar-refractivity contribution in [1.29, 1.82) is 0 Å². The Kier molecular flexibility index (Phi) is 7.43. The fourth-order valence-corrected chi connectivity index (χ4v) is 2.81. The van der Waals surface area contributed by atoms with Gasteiger partial charge < -0.3 is 9.47 Å². The molecule has 0 aromatic carbocycles. The van der Waals surface area contributed by atoms with Gasteiger partial charge in [-0.3, -0.25) is 0 Å². The summed E-state index contributed by atoms with van der Waals surface area (Å²) in [5, 5.41) is 0. The van der Waals surface area contributed by atoms with E-state index in [-0.39, 0.29) is 11.6 Å². The Hall–Kier alpha value is -1.51. The highest BCUT2D eigenvalue weighted by atomic mass is 16.5. The van der Waals surface area contributed by atoms with E-state index in [4.69, 9.17) is 9.47 Å². The maximum atomic E-state index is 11.5. The number of allylic oxidation sites excluding steroid dienone is 3. The molecular weight excluding hydrogens is 276 g/mol. The first-order valence-corrected chi connectivity index (χ1v) is 8.41. The number of rotatable bonds is 8. The van der Waals surface area contributed by atoms with Gasteiger partial charge in [0, 0.05) is 0 Å². The highest BCUT2D eigenvalue weighted by molar-refractivity contribution is 5.83. The van der Waals surface area contributed by atoms with Gasteiger partial charge >= 0.3 is 5.97 Å². The second-order valence-electron chi connectivity index (χ2n) is 5.78. The molecule has 1 aliphatic heterocycles. The van der Waals surface area contributed by atoms with Gasteiger partial charge in [-0.25, -0.2) is 4.79 Å². The van der Waals surface area contributed by atoms with Crippen molar-refractivity contribution in [3.63, 3.8) is 0 Å². The number of carbonyl (C=O) groups is 1. The van der Waals surface area contributed by atoms with Crippen LogP contribution in [0.25, 0.3) is 0 Å². The van der Waals surface area contributed by atoms with Crippen LogP contribution in [-0.4, -0.2) is 18.7 Å². The third kappa shape index (κ3) is 4.75. The molecule has 0 saturated heterocycles. The smallest absolute Gasteiger partial charge is 0.334 e.